The van der Waals surface area contributed by atoms with E-state index in [1.54, 1.807) is 24.5 Å². The first-order valence-electron chi connectivity index (χ1n) is 9.27. The minimum absolute atomic E-state index is 0.0323. The molecule has 30 heavy (non-hydrogen) atoms. The van der Waals surface area contributed by atoms with Crippen LogP contribution < -0.4 is 5.32 Å². The topological polar surface area (TPSA) is 85.4 Å². The molecule has 0 aliphatic heterocycles. The predicted molar refractivity (Wildman–Crippen MR) is 119 cm³/mol. The average molecular weight is 417 g/mol. The molecule has 150 valence electrons. The van der Waals surface area contributed by atoms with Crippen LogP contribution in [0.15, 0.2) is 55.0 Å². The minimum atomic E-state index is -0.420. The number of nitrogens with zero attached hydrogens (tertiary/aromatic N) is 4. The number of hydrogen-bond acceptors (Lipinski definition) is 6. The Morgan fingerprint density at radius 2 is 2.03 bits per heavy atom. The monoisotopic (exact) mass is 417 g/mol. The zero-order valence-electron chi connectivity index (χ0n) is 16.7. The number of rotatable bonds is 3. The van der Waals surface area contributed by atoms with E-state index < -0.39 is 4.92 Å². The van der Waals surface area contributed by atoms with Gasteiger partial charge in [-0.3, -0.25) is 19.5 Å². The van der Waals surface area contributed by atoms with Crippen molar-refractivity contribution in [1.82, 2.24) is 14.4 Å². The van der Waals surface area contributed by atoms with Gasteiger partial charge in [-0.2, -0.15) is 0 Å². The molecule has 4 aromatic rings. The third-order valence-electron chi connectivity index (χ3n) is 4.15. The van der Waals surface area contributed by atoms with Gasteiger partial charge in [0, 0.05) is 35.6 Å². The minimum Gasteiger partial charge on any atom is -0.365 e. The fourth-order valence-electron chi connectivity index (χ4n) is 2.92. The maximum Gasteiger partial charge on any atom is 0.270 e. The number of benzene rings is 1. The molecule has 0 saturated heterocycles. The van der Waals surface area contributed by atoms with Crippen LogP contribution in [0.2, 0.25) is 0 Å². The van der Waals surface area contributed by atoms with Crippen LogP contribution in [0.1, 0.15) is 31.2 Å². The summed E-state index contributed by atoms with van der Waals surface area (Å²) in [5, 5.41) is 14.5. The van der Waals surface area contributed by atoms with Crippen molar-refractivity contribution in [3.8, 4) is 22.4 Å². The zero-order valence-corrected chi connectivity index (χ0v) is 17.5. The molecule has 3 heterocycles. The Kier molecular flexibility index (Phi) is 4.98. The Hall–Kier alpha value is -3.70. The van der Waals surface area contributed by atoms with Gasteiger partial charge in [-0.15, -0.1) is 11.3 Å². The van der Waals surface area contributed by atoms with E-state index in [0.717, 1.165) is 26.9 Å². The second kappa shape index (κ2) is 7.61. The van der Waals surface area contributed by atoms with E-state index in [1.807, 2.05) is 22.7 Å². The summed E-state index contributed by atoms with van der Waals surface area (Å²) in [6.07, 6.45) is 5.35. The van der Waals surface area contributed by atoms with Crippen LogP contribution in [0, 0.1) is 22.0 Å². The second-order valence-corrected chi connectivity index (χ2v) is 8.79. The highest BCUT2D eigenvalue weighted by Crippen LogP contribution is 2.34. The summed E-state index contributed by atoms with van der Waals surface area (Å²) < 4.78 is 1.99. The fourth-order valence-corrected chi connectivity index (χ4v) is 3.77. The summed E-state index contributed by atoms with van der Waals surface area (Å²) in [4.78, 5) is 21.3. The van der Waals surface area contributed by atoms with Gasteiger partial charge in [0.05, 0.1) is 20.9 Å². The molecule has 0 spiro atoms. The first-order chi connectivity index (χ1) is 14.3. The third-order valence-corrected chi connectivity index (χ3v) is 5.16. The van der Waals surface area contributed by atoms with Crippen molar-refractivity contribution < 1.29 is 4.92 Å². The maximum absolute atomic E-state index is 10.9. The lowest BCUT2D eigenvalue weighted by atomic mass is 10.1. The quantitative estimate of drug-likeness (QED) is 0.289. The first-order valence-corrected chi connectivity index (χ1v) is 10.1. The lowest BCUT2D eigenvalue weighted by molar-refractivity contribution is -0.384. The first kappa shape index (κ1) is 19.6. The number of anilines is 1. The van der Waals surface area contributed by atoms with Crippen molar-refractivity contribution in [1.29, 1.82) is 0 Å². The van der Waals surface area contributed by atoms with Gasteiger partial charge in [0.1, 0.15) is 11.5 Å². The highest BCUT2D eigenvalue weighted by atomic mass is 32.1. The lowest BCUT2D eigenvalue weighted by Crippen LogP contribution is -2.27. The SMILES string of the molecule is CC(C)(C)Nc1c(-c2ccc(C#Cc3cccc([N+](=O)[O-])c3)s2)nc2cnccn12. The van der Waals surface area contributed by atoms with Gasteiger partial charge >= 0.3 is 0 Å². The lowest BCUT2D eigenvalue weighted by Gasteiger charge is -2.22. The third kappa shape index (κ3) is 4.16. The number of fused-ring (bicyclic) bond motifs is 1. The molecule has 0 atom stereocenters. The molecule has 3 aromatic heterocycles. The summed E-state index contributed by atoms with van der Waals surface area (Å²) in [5.74, 6) is 7.01. The molecule has 7 nitrogen and oxygen atoms in total. The molecule has 0 aliphatic rings. The Labute approximate surface area is 177 Å². The Bertz CT molecular complexity index is 1300. The van der Waals surface area contributed by atoms with Gasteiger partial charge in [-0.1, -0.05) is 17.9 Å². The van der Waals surface area contributed by atoms with Crippen molar-refractivity contribution in [2.75, 3.05) is 5.32 Å². The van der Waals surface area contributed by atoms with E-state index in [0.29, 0.717) is 5.56 Å². The summed E-state index contributed by atoms with van der Waals surface area (Å²) in [5.41, 5.74) is 2.09. The number of non-ortho nitro benzene ring substituents is 1. The molecular weight excluding hydrogens is 398 g/mol. The average Bonchev–Trinajstić information content (AvgIpc) is 3.30. The maximum atomic E-state index is 10.9. The number of thiophene rings is 1. The zero-order chi connectivity index (χ0) is 21.3. The molecule has 0 amide bonds. The molecule has 1 aromatic carbocycles. The van der Waals surface area contributed by atoms with E-state index in [-0.39, 0.29) is 11.2 Å². The Morgan fingerprint density at radius 1 is 1.20 bits per heavy atom. The fraction of sp³-hybridized carbons (Fsp3) is 0.182. The second-order valence-electron chi connectivity index (χ2n) is 7.71. The van der Waals surface area contributed by atoms with Crippen LogP contribution >= 0.6 is 11.3 Å². The van der Waals surface area contributed by atoms with Gasteiger partial charge < -0.3 is 5.32 Å². The molecule has 0 unspecified atom stereocenters. The van der Waals surface area contributed by atoms with Crippen LogP contribution in [0.4, 0.5) is 11.5 Å². The van der Waals surface area contributed by atoms with Crippen molar-refractivity contribution in [2.45, 2.75) is 26.3 Å². The molecule has 0 fully saturated rings. The summed E-state index contributed by atoms with van der Waals surface area (Å²) >= 11 is 1.53. The molecule has 1 N–H and O–H groups in total. The standard InChI is InChI=1S/C22H19N5O2S/c1-22(2,3)25-21-20(24-19-14-23-11-12-26(19)21)18-10-9-17(30-18)8-7-15-5-4-6-16(13-15)27(28)29/h4-6,9-14,25H,1-3H3. The van der Waals surface area contributed by atoms with Crippen molar-refractivity contribution in [3.63, 3.8) is 0 Å². The number of aromatic nitrogens is 3. The van der Waals surface area contributed by atoms with Crippen molar-refractivity contribution >= 4 is 28.5 Å². The van der Waals surface area contributed by atoms with Crippen LogP contribution in [-0.4, -0.2) is 24.8 Å². The summed E-state index contributed by atoms with van der Waals surface area (Å²) in [6, 6.07) is 10.3. The van der Waals surface area contributed by atoms with Crippen LogP contribution in [0.25, 0.3) is 16.2 Å². The highest BCUT2D eigenvalue weighted by molar-refractivity contribution is 7.16. The molecule has 0 bridgehead atoms. The normalized spacial score (nSPS) is 11.2. The van der Waals surface area contributed by atoms with E-state index in [9.17, 15) is 10.1 Å². The smallest absolute Gasteiger partial charge is 0.270 e. The number of nitrogens with one attached hydrogen (secondary N) is 1. The van der Waals surface area contributed by atoms with Gasteiger partial charge in [0.25, 0.3) is 5.69 Å². The van der Waals surface area contributed by atoms with Crippen LogP contribution in [0.3, 0.4) is 0 Å². The van der Waals surface area contributed by atoms with E-state index in [4.69, 9.17) is 4.98 Å². The van der Waals surface area contributed by atoms with E-state index in [2.05, 4.69) is 42.9 Å². The highest BCUT2D eigenvalue weighted by Gasteiger charge is 2.20. The number of nitro groups is 1. The predicted octanol–water partition coefficient (Wildman–Crippen LogP) is 4.98. The van der Waals surface area contributed by atoms with Crippen LogP contribution in [0.5, 0.6) is 0 Å². The van der Waals surface area contributed by atoms with Crippen molar-refractivity contribution in [2.24, 2.45) is 0 Å². The molecule has 4 rings (SSSR count). The van der Waals surface area contributed by atoms with Gasteiger partial charge in [0.2, 0.25) is 0 Å². The molecule has 0 aliphatic carbocycles. The Balaban J connectivity index is 1.70. The number of nitro benzene ring substituents is 1. The van der Waals surface area contributed by atoms with E-state index >= 15 is 0 Å². The molecular formula is C22H19N5O2S. The largest absolute Gasteiger partial charge is 0.365 e. The van der Waals surface area contributed by atoms with Gasteiger partial charge in [-0.25, -0.2) is 4.98 Å². The Morgan fingerprint density at radius 3 is 2.80 bits per heavy atom. The van der Waals surface area contributed by atoms with Gasteiger partial charge in [-0.05, 0) is 39.0 Å². The summed E-state index contributed by atoms with van der Waals surface area (Å²) in [7, 11) is 0. The molecule has 0 saturated carbocycles. The van der Waals surface area contributed by atoms with Crippen molar-refractivity contribution in [3.05, 3.63) is 75.5 Å². The van der Waals surface area contributed by atoms with E-state index in [1.165, 1.54) is 23.5 Å². The van der Waals surface area contributed by atoms with Crippen LogP contribution in [-0.2, 0) is 0 Å². The molecule has 0 radical (unpaired) electrons. The number of imidazole rings is 1. The number of hydrogen-bond donors (Lipinski definition) is 1. The summed E-state index contributed by atoms with van der Waals surface area (Å²) in [6.45, 7) is 6.30. The van der Waals surface area contributed by atoms with Gasteiger partial charge in [0.15, 0.2) is 5.65 Å². The molecule has 8 heteroatoms.